The van der Waals surface area contributed by atoms with E-state index in [1.807, 2.05) is 45.0 Å². The fraction of sp³-hybridized carbons (Fsp3) is 0.440. The van der Waals surface area contributed by atoms with E-state index in [1.165, 1.54) is 9.47 Å². The van der Waals surface area contributed by atoms with Crippen molar-refractivity contribution in [3.05, 3.63) is 62.8 Å². The summed E-state index contributed by atoms with van der Waals surface area (Å²) in [5.41, 5.74) is 6.96. The Morgan fingerprint density at radius 2 is 1.97 bits per heavy atom. The maximum Gasteiger partial charge on any atom is 0.330 e. The van der Waals surface area contributed by atoms with Crippen molar-refractivity contribution in [2.24, 2.45) is 5.92 Å². The monoisotopic (exact) mass is 483 g/mol. The predicted octanol–water partition coefficient (Wildman–Crippen LogP) is 2.74. The molecule has 0 atom stereocenters. The van der Waals surface area contributed by atoms with Gasteiger partial charge in [0, 0.05) is 45.2 Å². The van der Waals surface area contributed by atoms with Gasteiger partial charge in [0.1, 0.15) is 5.82 Å². The van der Waals surface area contributed by atoms with Crippen LogP contribution in [0.25, 0.3) is 11.3 Å². The van der Waals surface area contributed by atoms with Crippen LogP contribution in [-0.4, -0.2) is 40.7 Å². The van der Waals surface area contributed by atoms with Crippen LogP contribution in [0.15, 0.2) is 44.5 Å². The van der Waals surface area contributed by atoms with Gasteiger partial charge >= 0.3 is 5.69 Å². The quantitative estimate of drug-likeness (QED) is 0.400. The Morgan fingerprint density at radius 1 is 1.26 bits per heavy atom. The largest absolute Gasteiger partial charge is 0.441 e. The Hall–Kier alpha value is -3.66. The number of aromatic amines is 1. The van der Waals surface area contributed by atoms with E-state index in [9.17, 15) is 14.4 Å². The van der Waals surface area contributed by atoms with Gasteiger partial charge in [-0.15, -0.1) is 0 Å². The lowest BCUT2D eigenvalue weighted by Crippen LogP contribution is -2.42. The number of methoxy groups -OCH3 is 1. The average molecular weight is 484 g/mol. The van der Waals surface area contributed by atoms with Crippen LogP contribution in [0.5, 0.6) is 0 Å². The van der Waals surface area contributed by atoms with Gasteiger partial charge in [0.25, 0.3) is 5.56 Å². The van der Waals surface area contributed by atoms with Gasteiger partial charge in [-0.1, -0.05) is 43.7 Å². The molecule has 0 radical (unpaired) electrons. The summed E-state index contributed by atoms with van der Waals surface area (Å²) in [7, 11) is 1.56. The molecule has 35 heavy (non-hydrogen) atoms. The number of hydrogen-bond acceptors (Lipinski definition) is 7. The predicted molar refractivity (Wildman–Crippen MR) is 134 cm³/mol. The van der Waals surface area contributed by atoms with Crippen molar-refractivity contribution >= 4 is 17.4 Å². The van der Waals surface area contributed by atoms with E-state index in [4.69, 9.17) is 14.9 Å². The van der Waals surface area contributed by atoms with E-state index in [-0.39, 0.29) is 42.7 Å². The van der Waals surface area contributed by atoms with E-state index in [0.717, 1.165) is 11.1 Å². The number of hydrogen-bond donors (Lipinski definition) is 2. The number of carbonyl (C=O) groups excluding carboxylic acids is 1. The molecular weight excluding hydrogens is 450 g/mol. The molecule has 10 heteroatoms. The number of nitrogen functional groups attached to an aromatic ring is 1. The highest BCUT2D eigenvalue weighted by Crippen LogP contribution is 2.23. The van der Waals surface area contributed by atoms with Gasteiger partial charge in [0.05, 0.1) is 6.20 Å². The van der Waals surface area contributed by atoms with Gasteiger partial charge in [0.2, 0.25) is 5.91 Å². The molecule has 3 rings (SSSR count). The molecule has 1 aromatic carbocycles. The molecule has 0 spiro atoms. The molecule has 0 aliphatic carbocycles. The molecule has 0 aliphatic rings. The highest BCUT2D eigenvalue weighted by atomic mass is 16.5. The first-order valence-corrected chi connectivity index (χ1v) is 11.6. The third-order valence-electron chi connectivity index (χ3n) is 5.51. The van der Waals surface area contributed by atoms with E-state index < -0.39 is 11.2 Å². The lowest BCUT2D eigenvalue weighted by Gasteiger charge is -2.25. The van der Waals surface area contributed by atoms with Crippen LogP contribution in [0.3, 0.4) is 0 Å². The molecule has 10 nitrogen and oxygen atoms in total. The first-order chi connectivity index (χ1) is 16.7. The molecule has 2 aromatic heterocycles. The van der Waals surface area contributed by atoms with Crippen LogP contribution < -0.4 is 21.9 Å². The Morgan fingerprint density at radius 3 is 2.63 bits per heavy atom. The van der Waals surface area contributed by atoms with Gasteiger partial charge < -0.3 is 19.8 Å². The van der Waals surface area contributed by atoms with E-state index in [1.54, 1.807) is 13.3 Å². The van der Waals surface area contributed by atoms with Crippen LogP contribution in [0.2, 0.25) is 0 Å². The summed E-state index contributed by atoms with van der Waals surface area (Å²) >= 11 is 0. The van der Waals surface area contributed by atoms with Crippen molar-refractivity contribution < 1.29 is 13.9 Å². The minimum absolute atomic E-state index is 0.0286. The number of H-pyrrole nitrogens is 1. The van der Waals surface area contributed by atoms with Crippen molar-refractivity contribution in [2.45, 2.75) is 46.6 Å². The second kappa shape index (κ2) is 11.7. The summed E-state index contributed by atoms with van der Waals surface area (Å²) in [5, 5.41) is 0. The van der Waals surface area contributed by atoms with Gasteiger partial charge in [-0.25, -0.2) is 9.78 Å². The van der Waals surface area contributed by atoms with Crippen molar-refractivity contribution in [1.29, 1.82) is 0 Å². The second-order valence-corrected chi connectivity index (χ2v) is 8.87. The maximum atomic E-state index is 13.3. The minimum Gasteiger partial charge on any atom is -0.441 e. The summed E-state index contributed by atoms with van der Waals surface area (Å²) in [5.74, 6) is 0.779. The number of aryl methyl sites for hydroxylation is 2. The van der Waals surface area contributed by atoms with Crippen LogP contribution in [0.4, 0.5) is 11.5 Å². The average Bonchev–Trinajstić information content (AvgIpc) is 3.28. The van der Waals surface area contributed by atoms with Crippen molar-refractivity contribution in [3.8, 4) is 11.3 Å². The fourth-order valence-electron chi connectivity index (χ4n) is 3.74. The summed E-state index contributed by atoms with van der Waals surface area (Å²) in [6, 6.07) is 7.87. The number of ether oxygens (including phenoxy) is 1. The fourth-order valence-corrected chi connectivity index (χ4v) is 3.74. The van der Waals surface area contributed by atoms with Crippen molar-refractivity contribution in [3.63, 3.8) is 0 Å². The molecule has 0 unspecified atom stereocenters. The third kappa shape index (κ3) is 6.48. The Bertz CT molecular complexity index is 1260. The van der Waals surface area contributed by atoms with E-state index >= 15 is 0 Å². The summed E-state index contributed by atoms with van der Waals surface area (Å²) in [6.07, 6.45) is 2.41. The lowest BCUT2D eigenvalue weighted by atomic mass is 10.1. The smallest absolute Gasteiger partial charge is 0.330 e. The molecule has 0 bridgehead atoms. The summed E-state index contributed by atoms with van der Waals surface area (Å²) in [6.45, 7) is 6.78. The Labute approximate surface area is 203 Å². The Kier molecular flexibility index (Phi) is 8.64. The van der Waals surface area contributed by atoms with Gasteiger partial charge in [-0.2, -0.15) is 0 Å². The van der Waals surface area contributed by atoms with Crippen LogP contribution in [-0.2, 0) is 22.5 Å². The molecule has 0 saturated carbocycles. The number of rotatable bonds is 11. The van der Waals surface area contributed by atoms with Crippen LogP contribution in [0.1, 0.15) is 38.1 Å². The number of oxazole rings is 1. The number of carbonyl (C=O) groups is 1. The molecule has 2 heterocycles. The first kappa shape index (κ1) is 26.0. The van der Waals surface area contributed by atoms with Crippen molar-refractivity contribution in [1.82, 2.24) is 14.5 Å². The van der Waals surface area contributed by atoms with E-state index in [0.29, 0.717) is 31.2 Å². The molecule has 3 N–H and O–H groups in total. The third-order valence-corrected chi connectivity index (χ3v) is 5.51. The number of nitrogens with one attached hydrogen (secondary N) is 1. The van der Waals surface area contributed by atoms with Gasteiger partial charge in [-0.3, -0.25) is 19.1 Å². The zero-order valence-electron chi connectivity index (χ0n) is 20.7. The highest BCUT2D eigenvalue weighted by Gasteiger charge is 2.24. The number of benzene rings is 1. The van der Waals surface area contributed by atoms with E-state index in [2.05, 4.69) is 9.97 Å². The van der Waals surface area contributed by atoms with Crippen LogP contribution in [0, 0.1) is 12.8 Å². The lowest BCUT2D eigenvalue weighted by molar-refractivity contribution is -0.118. The van der Waals surface area contributed by atoms with Crippen molar-refractivity contribution in [2.75, 3.05) is 30.9 Å². The topological polar surface area (TPSA) is 136 Å². The molecule has 0 fully saturated rings. The van der Waals surface area contributed by atoms with Crippen LogP contribution >= 0.6 is 0 Å². The van der Waals surface area contributed by atoms with Gasteiger partial charge in [-0.05, 0) is 19.3 Å². The number of nitrogens with zero attached hydrogens (tertiary/aromatic N) is 3. The number of aromatic nitrogens is 3. The summed E-state index contributed by atoms with van der Waals surface area (Å²) < 4.78 is 12.2. The summed E-state index contributed by atoms with van der Waals surface area (Å²) in [4.78, 5) is 46.2. The Balaban J connectivity index is 1.83. The number of nitrogens with two attached hydrogens (primary N) is 1. The number of amides is 1. The number of anilines is 2. The molecule has 188 valence electrons. The molecule has 3 aromatic rings. The highest BCUT2D eigenvalue weighted by molar-refractivity contribution is 5.95. The second-order valence-electron chi connectivity index (χ2n) is 8.87. The standard InChI is InChI=1S/C25H33N5O5/c1-16(2)15-30-23(26)22(24(32)28-25(30)33)29(12-5-13-34-4)21(31)11-10-20-27-14-19(35-20)18-8-6-17(3)7-9-18/h6-9,14,16H,5,10-13,15,26H2,1-4H3,(H,28,32,33). The SMILES string of the molecule is COCCCN(C(=O)CCc1ncc(-c2ccc(C)cc2)o1)c1c(N)n(CC(C)C)c(=O)[nH]c1=O. The normalized spacial score (nSPS) is 11.2. The minimum atomic E-state index is -0.698. The maximum absolute atomic E-state index is 13.3. The zero-order valence-corrected chi connectivity index (χ0v) is 20.7. The molecule has 0 saturated heterocycles. The molecular formula is C25H33N5O5. The molecule has 1 amide bonds. The zero-order chi connectivity index (χ0) is 25.5. The molecule has 0 aliphatic heterocycles. The first-order valence-electron chi connectivity index (χ1n) is 11.6. The van der Waals surface area contributed by atoms with Gasteiger partial charge in [0.15, 0.2) is 17.3 Å².